The molecule has 1 saturated heterocycles. The number of aryl methyl sites for hydroxylation is 1. The van der Waals surface area contributed by atoms with E-state index in [1.165, 1.54) is 11.3 Å². The highest BCUT2D eigenvalue weighted by atomic mass is 32.1. The van der Waals surface area contributed by atoms with Gasteiger partial charge in [0.15, 0.2) is 0 Å². The van der Waals surface area contributed by atoms with Crippen molar-refractivity contribution < 1.29 is 9.59 Å². The van der Waals surface area contributed by atoms with Crippen LogP contribution in [0.4, 0.5) is 10.7 Å². The smallest absolute Gasteiger partial charge is 0.258 e. The minimum atomic E-state index is -0.112. The molecule has 2 amide bonds. The topological polar surface area (TPSA) is 61.4 Å². The summed E-state index contributed by atoms with van der Waals surface area (Å²) in [7, 11) is 0. The zero-order chi connectivity index (χ0) is 25.2. The van der Waals surface area contributed by atoms with Crippen LogP contribution < -0.4 is 10.6 Å². The van der Waals surface area contributed by atoms with Crippen molar-refractivity contribution in [2.75, 3.05) is 23.7 Å². The normalized spacial score (nSPS) is 20.8. The van der Waals surface area contributed by atoms with Crippen molar-refractivity contribution >= 4 is 33.8 Å². The van der Waals surface area contributed by atoms with Crippen molar-refractivity contribution in [3.05, 3.63) is 45.8 Å². The van der Waals surface area contributed by atoms with E-state index in [4.69, 9.17) is 0 Å². The molecule has 1 aromatic carbocycles. The van der Waals surface area contributed by atoms with Gasteiger partial charge in [-0.2, -0.15) is 0 Å². The number of carbonyl (C=O) groups excluding carboxylic acids is 2. The number of carbonyl (C=O) groups is 2. The maximum Gasteiger partial charge on any atom is 0.258 e. The predicted octanol–water partition coefficient (Wildman–Crippen LogP) is 6.53. The number of benzene rings is 1. The van der Waals surface area contributed by atoms with Crippen LogP contribution in [0.1, 0.15) is 86.7 Å². The molecule has 2 atom stereocenters. The van der Waals surface area contributed by atoms with Crippen molar-refractivity contribution in [3.63, 3.8) is 0 Å². The van der Waals surface area contributed by atoms with Crippen LogP contribution in [0.15, 0.2) is 24.3 Å². The Labute approximate surface area is 214 Å². The Morgan fingerprint density at radius 2 is 1.89 bits per heavy atom. The summed E-state index contributed by atoms with van der Waals surface area (Å²) >= 11 is 1.61. The molecule has 0 unspecified atom stereocenters. The minimum Gasteiger partial charge on any atom is -0.322 e. The summed E-state index contributed by atoms with van der Waals surface area (Å²) < 4.78 is 0. The third-order valence-corrected chi connectivity index (χ3v) is 9.07. The minimum absolute atomic E-state index is 0.0206. The Bertz CT molecular complexity index is 1070. The lowest BCUT2D eigenvalue weighted by Crippen LogP contribution is -2.42. The van der Waals surface area contributed by atoms with E-state index in [2.05, 4.69) is 56.2 Å². The average Bonchev–Trinajstić information content (AvgIpc) is 3.17. The number of piperidine rings is 1. The van der Waals surface area contributed by atoms with Crippen LogP contribution in [-0.4, -0.2) is 35.8 Å². The molecule has 2 aliphatic rings. The van der Waals surface area contributed by atoms with Gasteiger partial charge in [-0.15, -0.1) is 11.3 Å². The van der Waals surface area contributed by atoms with Gasteiger partial charge in [0, 0.05) is 16.6 Å². The number of hydrogen-bond acceptors (Lipinski definition) is 4. The zero-order valence-corrected chi connectivity index (χ0v) is 22.8. The molecule has 2 aromatic rings. The van der Waals surface area contributed by atoms with Crippen molar-refractivity contribution in [3.8, 4) is 0 Å². The Kier molecular flexibility index (Phi) is 8.02. The van der Waals surface area contributed by atoms with E-state index < -0.39 is 0 Å². The summed E-state index contributed by atoms with van der Waals surface area (Å²) in [5.41, 5.74) is 3.98. The third-order valence-electron chi connectivity index (χ3n) is 7.90. The van der Waals surface area contributed by atoms with Gasteiger partial charge in [-0.25, -0.2) is 0 Å². The van der Waals surface area contributed by atoms with Gasteiger partial charge >= 0.3 is 0 Å². The van der Waals surface area contributed by atoms with Gasteiger partial charge in [-0.3, -0.25) is 14.5 Å². The number of thiophene rings is 1. The summed E-state index contributed by atoms with van der Waals surface area (Å²) in [6.45, 7) is 12.5. The highest BCUT2D eigenvalue weighted by Gasteiger charge is 2.34. The predicted molar refractivity (Wildman–Crippen MR) is 147 cm³/mol. The number of likely N-dealkylation sites (tertiary alicyclic amines) is 1. The van der Waals surface area contributed by atoms with Crippen molar-refractivity contribution in [2.45, 2.75) is 85.6 Å². The first kappa shape index (κ1) is 25.9. The summed E-state index contributed by atoms with van der Waals surface area (Å²) in [5.74, 6) is 0.440. The number of anilines is 2. The fourth-order valence-electron chi connectivity index (χ4n) is 5.53. The molecule has 1 aromatic heterocycles. The Morgan fingerprint density at radius 1 is 1.11 bits per heavy atom. The summed E-state index contributed by atoms with van der Waals surface area (Å²) in [4.78, 5) is 30.3. The van der Waals surface area contributed by atoms with Crippen LogP contribution in [-0.2, 0) is 24.1 Å². The quantitative estimate of drug-likeness (QED) is 0.479. The van der Waals surface area contributed by atoms with Crippen LogP contribution >= 0.6 is 11.3 Å². The van der Waals surface area contributed by atoms with Crippen LogP contribution in [0.2, 0.25) is 0 Å². The molecule has 4 rings (SSSR count). The van der Waals surface area contributed by atoms with Gasteiger partial charge in [-0.1, -0.05) is 52.3 Å². The molecule has 5 nitrogen and oxygen atoms in total. The molecule has 2 heterocycles. The molecule has 0 bridgehead atoms. The second kappa shape index (κ2) is 10.8. The van der Waals surface area contributed by atoms with Gasteiger partial charge < -0.3 is 10.6 Å². The zero-order valence-electron chi connectivity index (χ0n) is 22.0. The Balaban J connectivity index is 1.61. The molecule has 1 aliphatic carbocycles. The fraction of sp³-hybridized carbons (Fsp3) is 0.586. The number of amides is 2. The number of fused-ring (bicyclic) bond motifs is 1. The molecular weight excluding hydrogens is 454 g/mol. The molecule has 190 valence electrons. The van der Waals surface area contributed by atoms with Crippen LogP contribution in [0.5, 0.6) is 0 Å². The van der Waals surface area contributed by atoms with Crippen LogP contribution in [0, 0.1) is 11.3 Å². The second-order valence-electron chi connectivity index (χ2n) is 11.3. The van der Waals surface area contributed by atoms with Gasteiger partial charge in [0.1, 0.15) is 5.00 Å². The maximum atomic E-state index is 13.7. The monoisotopic (exact) mass is 495 g/mol. The highest BCUT2D eigenvalue weighted by molar-refractivity contribution is 7.17. The molecule has 1 fully saturated rings. The van der Waals surface area contributed by atoms with Gasteiger partial charge in [0.25, 0.3) is 5.91 Å². The van der Waals surface area contributed by atoms with Gasteiger partial charge in [0.2, 0.25) is 5.91 Å². The van der Waals surface area contributed by atoms with E-state index >= 15 is 0 Å². The molecule has 1 aliphatic heterocycles. The number of para-hydroxylation sites is 1. The maximum absolute atomic E-state index is 13.7. The van der Waals surface area contributed by atoms with Crippen molar-refractivity contribution in [1.29, 1.82) is 0 Å². The first-order chi connectivity index (χ1) is 16.7. The van der Waals surface area contributed by atoms with Gasteiger partial charge in [0.05, 0.1) is 12.1 Å². The largest absolute Gasteiger partial charge is 0.322 e. The first-order valence-electron chi connectivity index (χ1n) is 13.2. The summed E-state index contributed by atoms with van der Waals surface area (Å²) in [6, 6.07) is 8.39. The molecule has 0 radical (unpaired) electrons. The first-order valence-corrected chi connectivity index (χ1v) is 14.1. The lowest BCUT2D eigenvalue weighted by Gasteiger charge is -2.33. The third kappa shape index (κ3) is 5.97. The lowest BCUT2D eigenvalue weighted by atomic mass is 9.72. The van der Waals surface area contributed by atoms with E-state index in [0.717, 1.165) is 61.9 Å². The van der Waals surface area contributed by atoms with Crippen molar-refractivity contribution in [1.82, 2.24) is 4.90 Å². The Hall–Kier alpha value is -2.18. The molecular formula is C29H41N3O2S. The van der Waals surface area contributed by atoms with E-state index in [0.29, 0.717) is 29.1 Å². The van der Waals surface area contributed by atoms with E-state index in [9.17, 15) is 9.59 Å². The molecule has 6 heteroatoms. The summed E-state index contributed by atoms with van der Waals surface area (Å²) in [5, 5.41) is 7.04. The van der Waals surface area contributed by atoms with Crippen LogP contribution in [0.3, 0.4) is 0 Å². The number of hydrogen-bond donors (Lipinski definition) is 2. The standard InChI is InChI=1S/C29H41N3O2S/c1-6-20-12-7-8-13-23(20)30-27(34)26-22-15-14-21(29(3,4)5)17-24(22)35-28(26)31-25(33)18-32-16-10-9-11-19(32)2/h7-8,12-13,19,21H,6,9-11,14-18H2,1-5H3,(H,30,34)(H,31,33)/t19-,21-/m1/s1. The molecule has 0 saturated carbocycles. The molecule has 35 heavy (non-hydrogen) atoms. The molecule has 0 spiro atoms. The van der Waals surface area contributed by atoms with Crippen molar-refractivity contribution in [2.24, 2.45) is 11.3 Å². The highest BCUT2D eigenvalue weighted by Crippen LogP contribution is 2.44. The summed E-state index contributed by atoms with van der Waals surface area (Å²) in [6.07, 6.45) is 7.28. The Morgan fingerprint density at radius 3 is 2.60 bits per heavy atom. The second-order valence-corrected chi connectivity index (χ2v) is 12.4. The van der Waals surface area contributed by atoms with E-state index in [1.54, 1.807) is 11.3 Å². The van der Waals surface area contributed by atoms with E-state index in [1.807, 2.05) is 18.2 Å². The van der Waals surface area contributed by atoms with E-state index in [-0.39, 0.29) is 17.2 Å². The fourth-order valence-corrected chi connectivity index (χ4v) is 6.87. The number of nitrogens with zero attached hydrogens (tertiary/aromatic N) is 1. The average molecular weight is 496 g/mol. The lowest BCUT2D eigenvalue weighted by molar-refractivity contribution is -0.118. The number of rotatable bonds is 6. The molecule has 2 N–H and O–H groups in total. The van der Waals surface area contributed by atoms with Crippen LogP contribution in [0.25, 0.3) is 0 Å². The SMILES string of the molecule is CCc1ccccc1NC(=O)c1c(NC(=O)CN2CCCC[C@H]2C)sc2c1CC[C@@H](C(C)(C)C)C2. The number of nitrogens with one attached hydrogen (secondary N) is 2. The van der Waals surface area contributed by atoms with Gasteiger partial charge in [-0.05, 0) is 80.5 Å².